The molecule has 206 valence electrons. The molecule has 0 saturated carbocycles. The van der Waals surface area contributed by atoms with Crippen LogP contribution in [0.4, 0.5) is 0 Å². The van der Waals surface area contributed by atoms with E-state index in [9.17, 15) is 14.4 Å². The van der Waals surface area contributed by atoms with Crippen molar-refractivity contribution >= 4 is 51.9 Å². The fourth-order valence-corrected chi connectivity index (χ4v) is 6.36. The van der Waals surface area contributed by atoms with Gasteiger partial charge in [-0.05, 0) is 51.5 Å². The monoisotopic (exact) mass is 577 g/mol. The van der Waals surface area contributed by atoms with Crippen molar-refractivity contribution in [3.63, 3.8) is 0 Å². The number of para-hydroxylation sites is 1. The number of fused-ring (bicyclic) bond motifs is 2. The van der Waals surface area contributed by atoms with E-state index in [1.807, 2.05) is 47.9 Å². The summed E-state index contributed by atoms with van der Waals surface area (Å²) in [6, 6.07) is 14.1. The summed E-state index contributed by atoms with van der Waals surface area (Å²) in [5.41, 5.74) is 3.56. The number of carbonyl (C=O) groups is 2. The van der Waals surface area contributed by atoms with Crippen molar-refractivity contribution in [2.45, 2.75) is 40.3 Å². The standard InChI is InChI=1S/C30H28ClN3O5S/c1-5-38-25(35)16-33-18(4)21(19-11-8-10-14-23(19)33)15-24-28(36)34-27(20-12-7-9-13-22(20)31)26(29(37)39-6-2)17(3)32-30(34)40-24/h7-15,27H,5-6,16H2,1-4H3/b24-15-/t27-/m0/s1. The molecule has 2 aromatic carbocycles. The van der Waals surface area contributed by atoms with E-state index in [2.05, 4.69) is 4.99 Å². The molecule has 4 aromatic rings. The molecule has 0 fully saturated rings. The van der Waals surface area contributed by atoms with Gasteiger partial charge in [0.15, 0.2) is 4.80 Å². The predicted molar refractivity (Wildman–Crippen MR) is 155 cm³/mol. The summed E-state index contributed by atoms with van der Waals surface area (Å²) in [7, 11) is 0. The Labute approximate surface area is 239 Å². The average molecular weight is 578 g/mol. The highest BCUT2D eigenvalue weighted by Crippen LogP contribution is 2.34. The molecule has 1 aliphatic rings. The zero-order valence-electron chi connectivity index (χ0n) is 22.6. The number of allylic oxidation sites excluding steroid dienone is 1. The number of carbonyl (C=O) groups excluding carboxylic acids is 2. The van der Waals surface area contributed by atoms with E-state index in [-0.39, 0.29) is 30.3 Å². The number of nitrogens with zero attached hydrogens (tertiary/aromatic N) is 3. The molecule has 0 radical (unpaired) electrons. The zero-order valence-corrected chi connectivity index (χ0v) is 24.1. The molecular formula is C30H28ClN3O5S. The van der Waals surface area contributed by atoms with E-state index in [0.717, 1.165) is 22.2 Å². The number of thiazole rings is 1. The summed E-state index contributed by atoms with van der Waals surface area (Å²) in [4.78, 5) is 44.6. The van der Waals surface area contributed by atoms with E-state index in [1.54, 1.807) is 39.0 Å². The van der Waals surface area contributed by atoms with Crippen LogP contribution in [0, 0.1) is 6.92 Å². The van der Waals surface area contributed by atoms with Crippen LogP contribution in [0.3, 0.4) is 0 Å². The molecule has 0 spiro atoms. The molecule has 2 aromatic heterocycles. The quantitative estimate of drug-likeness (QED) is 0.306. The first kappa shape index (κ1) is 27.6. The Balaban J connectivity index is 1.74. The van der Waals surface area contributed by atoms with Crippen molar-refractivity contribution in [3.05, 3.63) is 101 Å². The second-order valence-corrected chi connectivity index (χ2v) is 10.6. The largest absolute Gasteiger partial charge is 0.465 e. The van der Waals surface area contributed by atoms with Gasteiger partial charge in [0.1, 0.15) is 12.6 Å². The molecule has 0 aliphatic carbocycles. The molecule has 10 heteroatoms. The van der Waals surface area contributed by atoms with Crippen LogP contribution in [0.5, 0.6) is 0 Å². The summed E-state index contributed by atoms with van der Waals surface area (Å²) in [6.07, 6.45) is 1.83. The lowest BCUT2D eigenvalue weighted by Gasteiger charge is -2.25. The van der Waals surface area contributed by atoms with Crippen LogP contribution in [0.1, 0.15) is 43.6 Å². The number of hydrogen-bond acceptors (Lipinski definition) is 7. The first-order valence-electron chi connectivity index (χ1n) is 12.9. The molecule has 1 aliphatic heterocycles. The van der Waals surface area contributed by atoms with Gasteiger partial charge in [0.25, 0.3) is 5.56 Å². The number of hydrogen-bond donors (Lipinski definition) is 0. The normalized spacial score (nSPS) is 15.2. The van der Waals surface area contributed by atoms with Gasteiger partial charge in [-0.2, -0.15) is 0 Å². The van der Waals surface area contributed by atoms with Crippen molar-refractivity contribution in [3.8, 4) is 0 Å². The molecule has 0 unspecified atom stereocenters. The Morgan fingerprint density at radius 3 is 2.48 bits per heavy atom. The first-order chi connectivity index (χ1) is 19.3. The van der Waals surface area contributed by atoms with E-state index in [4.69, 9.17) is 21.1 Å². The smallest absolute Gasteiger partial charge is 0.338 e. The lowest BCUT2D eigenvalue weighted by molar-refractivity contribution is -0.143. The predicted octanol–water partition coefficient (Wildman–Crippen LogP) is 4.28. The molecule has 40 heavy (non-hydrogen) atoms. The third kappa shape index (κ3) is 4.80. The second-order valence-electron chi connectivity index (χ2n) is 9.23. The number of ether oxygens (including phenoxy) is 2. The molecule has 8 nitrogen and oxygen atoms in total. The van der Waals surface area contributed by atoms with Crippen LogP contribution in [-0.2, 0) is 25.6 Å². The summed E-state index contributed by atoms with van der Waals surface area (Å²) >= 11 is 7.83. The summed E-state index contributed by atoms with van der Waals surface area (Å²) in [6.45, 7) is 7.69. The zero-order chi connectivity index (χ0) is 28.6. The van der Waals surface area contributed by atoms with Crippen LogP contribution < -0.4 is 14.9 Å². The van der Waals surface area contributed by atoms with Gasteiger partial charge >= 0.3 is 11.9 Å². The summed E-state index contributed by atoms with van der Waals surface area (Å²) < 4.78 is 14.4. The molecule has 3 heterocycles. The number of aromatic nitrogens is 2. The second kappa shape index (κ2) is 11.3. The SMILES string of the molecule is CCOC(=O)Cn1c(C)c(/C=c2\sc3n(c2=O)[C@@H](c2ccccc2Cl)C(C(=O)OCC)=C(C)N=3)c2ccccc21. The average Bonchev–Trinajstić information content (AvgIpc) is 3.37. The molecule has 0 N–H and O–H groups in total. The van der Waals surface area contributed by atoms with Gasteiger partial charge < -0.3 is 14.0 Å². The Morgan fingerprint density at radius 2 is 1.75 bits per heavy atom. The number of halogens is 1. The third-order valence-corrected chi connectivity index (χ3v) is 8.19. The maximum Gasteiger partial charge on any atom is 0.338 e. The summed E-state index contributed by atoms with van der Waals surface area (Å²) in [5.74, 6) is -0.875. The van der Waals surface area contributed by atoms with Gasteiger partial charge in [-0.15, -0.1) is 0 Å². The molecule has 0 amide bonds. The Morgan fingerprint density at radius 1 is 1.05 bits per heavy atom. The lowest BCUT2D eigenvalue weighted by Crippen LogP contribution is -2.40. The fourth-order valence-electron chi connectivity index (χ4n) is 5.09. The molecule has 1 atom stereocenters. The number of rotatable bonds is 7. The maximum absolute atomic E-state index is 14.0. The van der Waals surface area contributed by atoms with Crippen molar-refractivity contribution in [2.75, 3.05) is 13.2 Å². The topological polar surface area (TPSA) is 91.9 Å². The minimum absolute atomic E-state index is 0.0594. The van der Waals surface area contributed by atoms with E-state index >= 15 is 0 Å². The Hall–Kier alpha value is -3.95. The van der Waals surface area contributed by atoms with Gasteiger partial charge in [0, 0.05) is 27.2 Å². The van der Waals surface area contributed by atoms with Crippen LogP contribution >= 0.6 is 22.9 Å². The van der Waals surface area contributed by atoms with E-state index < -0.39 is 12.0 Å². The van der Waals surface area contributed by atoms with Crippen LogP contribution in [-0.4, -0.2) is 34.3 Å². The van der Waals surface area contributed by atoms with Gasteiger partial charge in [-0.25, -0.2) is 9.79 Å². The summed E-state index contributed by atoms with van der Waals surface area (Å²) in [5, 5.41) is 1.33. The van der Waals surface area contributed by atoms with Crippen molar-refractivity contribution in [1.29, 1.82) is 0 Å². The number of benzene rings is 2. The van der Waals surface area contributed by atoms with Gasteiger partial charge in [0.05, 0.1) is 29.0 Å². The van der Waals surface area contributed by atoms with Crippen molar-refractivity contribution < 1.29 is 19.1 Å². The highest BCUT2D eigenvalue weighted by atomic mass is 35.5. The number of esters is 2. The van der Waals surface area contributed by atoms with Gasteiger partial charge in [-0.3, -0.25) is 14.2 Å². The van der Waals surface area contributed by atoms with Crippen LogP contribution in [0.15, 0.2) is 69.6 Å². The highest BCUT2D eigenvalue weighted by Gasteiger charge is 2.34. The Bertz CT molecular complexity index is 1860. The minimum Gasteiger partial charge on any atom is -0.465 e. The van der Waals surface area contributed by atoms with Crippen LogP contribution in [0.2, 0.25) is 5.02 Å². The lowest BCUT2D eigenvalue weighted by atomic mass is 9.96. The first-order valence-corrected chi connectivity index (χ1v) is 14.1. The Kier molecular flexibility index (Phi) is 7.78. The maximum atomic E-state index is 14.0. The molecule has 0 saturated heterocycles. The minimum atomic E-state index is -0.794. The molecule has 0 bridgehead atoms. The molecule has 5 rings (SSSR count). The van der Waals surface area contributed by atoms with Crippen LogP contribution in [0.25, 0.3) is 17.0 Å². The fraction of sp³-hybridized carbons (Fsp3) is 0.267. The van der Waals surface area contributed by atoms with Gasteiger partial charge in [-0.1, -0.05) is 59.3 Å². The van der Waals surface area contributed by atoms with E-state index in [1.165, 1.54) is 15.9 Å². The van der Waals surface area contributed by atoms with E-state index in [0.29, 0.717) is 32.2 Å². The third-order valence-electron chi connectivity index (χ3n) is 6.86. The molecular weight excluding hydrogens is 550 g/mol. The van der Waals surface area contributed by atoms with Crippen molar-refractivity contribution in [1.82, 2.24) is 9.13 Å². The highest BCUT2D eigenvalue weighted by molar-refractivity contribution is 7.07. The van der Waals surface area contributed by atoms with Gasteiger partial charge in [0.2, 0.25) is 0 Å². The van der Waals surface area contributed by atoms with Crippen molar-refractivity contribution in [2.24, 2.45) is 4.99 Å².